The van der Waals surface area contributed by atoms with Crippen molar-refractivity contribution in [2.75, 3.05) is 13.7 Å². The number of nitriles is 1. The second-order valence-electron chi connectivity index (χ2n) is 5.75. The molecule has 0 aliphatic carbocycles. The Morgan fingerprint density at radius 1 is 1.21 bits per heavy atom. The van der Waals surface area contributed by atoms with Crippen molar-refractivity contribution >= 4 is 23.8 Å². The molecule has 1 unspecified atom stereocenters. The van der Waals surface area contributed by atoms with Crippen molar-refractivity contribution in [2.24, 2.45) is 0 Å². The monoisotopic (exact) mass is 386 g/mol. The number of benzene rings is 1. The minimum atomic E-state index is -1.49. The van der Waals surface area contributed by atoms with Crippen LogP contribution in [0, 0.1) is 11.3 Å². The molecule has 1 atom stereocenters. The highest BCUT2D eigenvalue weighted by molar-refractivity contribution is 6.22. The van der Waals surface area contributed by atoms with Crippen LogP contribution in [0.4, 0.5) is 0 Å². The van der Waals surface area contributed by atoms with Crippen molar-refractivity contribution in [1.29, 1.82) is 5.26 Å². The number of rotatable bonds is 8. The molecule has 1 aliphatic rings. The average molecular weight is 386 g/mol. The Labute approximate surface area is 160 Å². The number of hydrogen-bond donors (Lipinski definition) is 1. The Bertz CT molecular complexity index is 863. The lowest BCUT2D eigenvalue weighted by atomic mass is 10.1. The third-order valence-corrected chi connectivity index (χ3v) is 4.18. The zero-order valence-electron chi connectivity index (χ0n) is 15.3. The van der Waals surface area contributed by atoms with Crippen molar-refractivity contribution < 1.29 is 33.8 Å². The average Bonchev–Trinajstić information content (AvgIpc) is 2.92. The number of carboxylic acids is 1. The number of allylic oxidation sites excluding steroid dienone is 1. The fourth-order valence-corrected chi connectivity index (χ4v) is 2.88. The first kappa shape index (κ1) is 20.6. The number of fused-ring (bicyclic) bond motifs is 1. The lowest BCUT2D eigenvalue weighted by molar-refractivity contribution is -0.141. The van der Waals surface area contributed by atoms with Gasteiger partial charge in [-0.2, -0.15) is 5.26 Å². The first-order chi connectivity index (χ1) is 13.4. The molecule has 1 heterocycles. The third kappa shape index (κ3) is 3.86. The van der Waals surface area contributed by atoms with E-state index in [-0.39, 0.29) is 36.3 Å². The number of carboxylic acid groups (broad SMARTS) is 1. The summed E-state index contributed by atoms with van der Waals surface area (Å²) in [6.45, 7) is 1.62. The number of carbonyl (C=O) groups excluding carboxylic acids is 3. The molecule has 9 heteroatoms. The molecule has 1 aromatic rings. The van der Waals surface area contributed by atoms with Crippen molar-refractivity contribution in [1.82, 2.24) is 4.90 Å². The van der Waals surface area contributed by atoms with Crippen molar-refractivity contribution in [3.05, 3.63) is 46.7 Å². The van der Waals surface area contributed by atoms with Crippen LogP contribution in [-0.2, 0) is 19.1 Å². The van der Waals surface area contributed by atoms with Crippen LogP contribution in [0.25, 0.3) is 0 Å². The van der Waals surface area contributed by atoms with Crippen LogP contribution in [0.5, 0.6) is 0 Å². The summed E-state index contributed by atoms with van der Waals surface area (Å²) in [5.41, 5.74) is -0.133. The maximum Gasteiger partial charge on any atom is 0.352 e. The lowest BCUT2D eigenvalue weighted by Gasteiger charge is -2.22. The van der Waals surface area contributed by atoms with Crippen molar-refractivity contribution in [3.8, 4) is 6.07 Å². The lowest BCUT2D eigenvalue weighted by Crippen LogP contribution is -2.44. The summed E-state index contributed by atoms with van der Waals surface area (Å²) in [4.78, 5) is 49.3. The van der Waals surface area contributed by atoms with Crippen molar-refractivity contribution in [2.45, 2.75) is 25.8 Å². The number of methoxy groups -OCH3 is 1. The Kier molecular flexibility index (Phi) is 6.50. The number of hydrogen-bond acceptors (Lipinski definition) is 7. The largest absolute Gasteiger partial charge is 0.499 e. The predicted octanol–water partition coefficient (Wildman–Crippen LogP) is 1.50. The molecule has 0 saturated heterocycles. The molecular formula is C19H18N2O7. The number of carbonyl (C=O) groups is 4. The van der Waals surface area contributed by atoms with E-state index < -0.39 is 35.4 Å². The van der Waals surface area contributed by atoms with Gasteiger partial charge < -0.3 is 14.6 Å². The van der Waals surface area contributed by atoms with Gasteiger partial charge in [-0.15, -0.1) is 0 Å². The molecule has 1 N–H and O–H groups in total. The smallest absolute Gasteiger partial charge is 0.352 e. The summed E-state index contributed by atoms with van der Waals surface area (Å²) in [6.07, 6.45) is -0.406. The highest BCUT2D eigenvalue weighted by Gasteiger charge is 2.42. The van der Waals surface area contributed by atoms with Gasteiger partial charge in [-0.25, -0.2) is 9.59 Å². The van der Waals surface area contributed by atoms with E-state index >= 15 is 0 Å². The van der Waals surface area contributed by atoms with Gasteiger partial charge in [-0.3, -0.25) is 14.5 Å². The van der Waals surface area contributed by atoms with Crippen LogP contribution in [0.2, 0.25) is 0 Å². The normalized spacial score (nSPS) is 14.7. The summed E-state index contributed by atoms with van der Waals surface area (Å²) < 4.78 is 9.83. The molecule has 0 bridgehead atoms. The number of esters is 1. The fourth-order valence-electron chi connectivity index (χ4n) is 2.88. The molecule has 1 aliphatic heterocycles. The molecule has 0 radical (unpaired) electrons. The van der Waals surface area contributed by atoms with Crippen molar-refractivity contribution in [3.63, 3.8) is 0 Å². The molecule has 28 heavy (non-hydrogen) atoms. The van der Waals surface area contributed by atoms with Gasteiger partial charge in [0.2, 0.25) is 0 Å². The summed E-state index contributed by atoms with van der Waals surface area (Å²) >= 11 is 0. The molecule has 1 aromatic carbocycles. The van der Waals surface area contributed by atoms with Crippen LogP contribution in [0.1, 0.15) is 40.5 Å². The van der Waals surface area contributed by atoms with Crippen LogP contribution in [-0.4, -0.2) is 53.5 Å². The maximum atomic E-state index is 12.5. The first-order valence-corrected chi connectivity index (χ1v) is 8.41. The Hall–Kier alpha value is -3.67. The zero-order valence-corrected chi connectivity index (χ0v) is 15.3. The minimum absolute atomic E-state index is 0.0494. The van der Waals surface area contributed by atoms with E-state index in [2.05, 4.69) is 0 Å². The standard InChI is InChI=1S/C19H18N2O7/c1-3-28-19(26)13(10-20)15(27-2)9-8-14(18(24)25)21-16(22)11-6-4-5-7-12(11)17(21)23/h4-7,14H,3,8-9H2,1-2H3,(H,24,25)/b15-13+. The van der Waals surface area contributed by atoms with E-state index in [0.29, 0.717) is 4.90 Å². The van der Waals surface area contributed by atoms with Gasteiger partial charge in [0.15, 0.2) is 5.57 Å². The molecule has 0 saturated carbocycles. The Balaban J connectivity index is 2.28. The van der Waals surface area contributed by atoms with Gasteiger partial charge in [-0.1, -0.05) is 12.1 Å². The van der Waals surface area contributed by atoms with Crippen LogP contribution >= 0.6 is 0 Å². The summed E-state index contributed by atoms with van der Waals surface area (Å²) in [5.74, 6) is -3.78. The van der Waals surface area contributed by atoms with E-state index in [1.54, 1.807) is 25.1 Å². The van der Waals surface area contributed by atoms with Gasteiger partial charge in [0.25, 0.3) is 11.8 Å². The summed E-state index contributed by atoms with van der Waals surface area (Å²) in [5, 5.41) is 18.8. The van der Waals surface area contributed by atoms with E-state index in [9.17, 15) is 29.5 Å². The molecular weight excluding hydrogens is 368 g/mol. The number of ether oxygens (including phenoxy) is 2. The van der Waals surface area contributed by atoms with Crippen LogP contribution in [0.3, 0.4) is 0 Å². The topological polar surface area (TPSA) is 134 Å². The quantitative estimate of drug-likeness (QED) is 0.234. The molecule has 9 nitrogen and oxygen atoms in total. The highest BCUT2D eigenvalue weighted by Crippen LogP contribution is 2.27. The molecule has 0 aromatic heterocycles. The summed E-state index contributed by atoms with van der Waals surface area (Å²) in [6, 6.07) is 6.24. The maximum absolute atomic E-state index is 12.5. The Morgan fingerprint density at radius 3 is 2.21 bits per heavy atom. The molecule has 0 spiro atoms. The minimum Gasteiger partial charge on any atom is -0.499 e. The highest BCUT2D eigenvalue weighted by atomic mass is 16.5. The predicted molar refractivity (Wildman–Crippen MR) is 93.9 cm³/mol. The van der Waals surface area contributed by atoms with Crippen LogP contribution < -0.4 is 0 Å². The van der Waals surface area contributed by atoms with E-state index in [0.717, 1.165) is 0 Å². The van der Waals surface area contributed by atoms with E-state index in [1.165, 1.54) is 19.2 Å². The molecule has 2 amide bonds. The third-order valence-electron chi connectivity index (χ3n) is 4.18. The summed E-state index contributed by atoms with van der Waals surface area (Å²) in [7, 11) is 1.23. The number of amides is 2. The second-order valence-corrected chi connectivity index (χ2v) is 5.75. The molecule has 0 fully saturated rings. The number of imide groups is 1. The van der Waals surface area contributed by atoms with E-state index in [1.807, 2.05) is 0 Å². The zero-order chi connectivity index (χ0) is 20.8. The molecule has 2 rings (SSSR count). The van der Waals surface area contributed by atoms with E-state index in [4.69, 9.17) is 9.47 Å². The van der Waals surface area contributed by atoms with Gasteiger partial charge in [0, 0.05) is 6.42 Å². The van der Waals surface area contributed by atoms with Crippen LogP contribution in [0.15, 0.2) is 35.6 Å². The SMILES string of the molecule is CCOC(=O)/C(C#N)=C(\CCC(C(=O)O)N1C(=O)c2ccccc2C1=O)OC. The number of aliphatic carboxylic acids is 1. The number of nitrogens with zero attached hydrogens (tertiary/aromatic N) is 2. The van der Waals surface area contributed by atoms with Gasteiger partial charge in [0.05, 0.1) is 24.8 Å². The Morgan fingerprint density at radius 2 is 1.79 bits per heavy atom. The second kappa shape index (κ2) is 8.81. The van der Waals surface area contributed by atoms with Gasteiger partial charge in [0.1, 0.15) is 17.9 Å². The first-order valence-electron chi connectivity index (χ1n) is 8.41. The molecule has 146 valence electrons. The van der Waals surface area contributed by atoms with Gasteiger partial charge in [-0.05, 0) is 25.5 Å². The fraction of sp³-hybridized carbons (Fsp3) is 0.316. The van der Waals surface area contributed by atoms with Gasteiger partial charge >= 0.3 is 11.9 Å².